The summed E-state index contributed by atoms with van der Waals surface area (Å²) in [7, 11) is 0. The van der Waals surface area contributed by atoms with Gasteiger partial charge in [0.15, 0.2) is 0 Å². The van der Waals surface area contributed by atoms with Gasteiger partial charge in [-0.1, -0.05) is 0 Å². The number of carbonyl (C=O) groups excluding carboxylic acids is 1. The minimum absolute atomic E-state index is 0.191. The van der Waals surface area contributed by atoms with E-state index in [-0.39, 0.29) is 11.3 Å². The first-order valence-electron chi connectivity index (χ1n) is 6.24. The molecule has 1 aromatic heterocycles. The maximum absolute atomic E-state index is 13.0. The highest BCUT2D eigenvalue weighted by molar-refractivity contribution is 9.10. The van der Waals surface area contributed by atoms with E-state index in [1.807, 2.05) is 0 Å². The minimum Gasteiger partial charge on any atom is -0.423 e. The molecular formula is C16H8BrFO4. The molecule has 0 spiro atoms. The summed E-state index contributed by atoms with van der Waals surface area (Å²) in [5.74, 6) is -0.886. The lowest BCUT2D eigenvalue weighted by Crippen LogP contribution is -2.09. The Balaban J connectivity index is 1.92. The van der Waals surface area contributed by atoms with Crippen molar-refractivity contribution in [2.45, 2.75) is 0 Å². The smallest absolute Gasteiger partial charge is 0.344 e. The lowest BCUT2D eigenvalue weighted by atomic mass is 10.2. The Labute approximate surface area is 132 Å². The van der Waals surface area contributed by atoms with Crippen LogP contribution in [0.15, 0.2) is 62.2 Å². The van der Waals surface area contributed by atoms with Crippen molar-refractivity contribution < 1.29 is 18.3 Å². The molecule has 0 aliphatic carbocycles. The van der Waals surface area contributed by atoms with Crippen LogP contribution in [0, 0.1) is 5.82 Å². The summed E-state index contributed by atoms with van der Waals surface area (Å²) in [6.45, 7) is 0. The van der Waals surface area contributed by atoms with E-state index in [0.717, 1.165) is 0 Å². The van der Waals surface area contributed by atoms with Gasteiger partial charge in [0.25, 0.3) is 0 Å². The normalized spacial score (nSPS) is 10.6. The van der Waals surface area contributed by atoms with Gasteiger partial charge < -0.3 is 9.15 Å². The number of hydrogen-bond donors (Lipinski definition) is 0. The van der Waals surface area contributed by atoms with Crippen LogP contribution in [0.1, 0.15) is 10.4 Å². The minimum atomic E-state index is -0.649. The molecule has 22 heavy (non-hydrogen) atoms. The maximum Gasteiger partial charge on any atom is 0.344 e. The summed E-state index contributed by atoms with van der Waals surface area (Å²) in [5.41, 5.74) is 0.0178. The van der Waals surface area contributed by atoms with Crippen LogP contribution in [-0.4, -0.2) is 5.97 Å². The molecule has 0 aliphatic rings. The number of ether oxygens (including phenoxy) is 1. The molecular weight excluding hydrogens is 355 g/mol. The van der Waals surface area contributed by atoms with Crippen molar-refractivity contribution in [1.29, 1.82) is 0 Å². The van der Waals surface area contributed by atoms with Gasteiger partial charge in [-0.3, -0.25) is 0 Å². The van der Waals surface area contributed by atoms with Gasteiger partial charge in [0.1, 0.15) is 17.1 Å². The Bertz CT molecular complexity index is 933. The van der Waals surface area contributed by atoms with Crippen molar-refractivity contribution in [2.75, 3.05) is 0 Å². The Morgan fingerprint density at radius 1 is 1.09 bits per heavy atom. The van der Waals surface area contributed by atoms with Gasteiger partial charge in [-0.15, -0.1) is 0 Å². The molecule has 0 saturated heterocycles. The van der Waals surface area contributed by atoms with E-state index in [0.29, 0.717) is 15.4 Å². The zero-order valence-electron chi connectivity index (χ0n) is 11.0. The average Bonchev–Trinajstić information content (AvgIpc) is 2.46. The highest BCUT2D eigenvalue weighted by atomic mass is 79.9. The lowest BCUT2D eigenvalue weighted by Gasteiger charge is -2.06. The van der Waals surface area contributed by atoms with Crippen LogP contribution < -0.4 is 10.4 Å². The third kappa shape index (κ3) is 2.92. The van der Waals surface area contributed by atoms with E-state index in [9.17, 15) is 14.0 Å². The first-order chi connectivity index (χ1) is 10.5. The molecule has 110 valence electrons. The number of benzene rings is 2. The Morgan fingerprint density at radius 2 is 1.86 bits per heavy atom. The van der Waals surface area contributed by atoms with E-state index in [1.54, 1.807) is 18.2 Å². The Kier molecular flexibility index (Phi) is 3.77. The number of esters is 1. The molecule has 2 aromatic carbocycles. The number of rotatable bonds is 2. The standard InChI is InChI=1S/C16H8BrFO4/c17-13-7-10(18)3-5-12(13)16(20)21-11-4-1-9-2-6-15(19)22-14(9)8-11/h1-8H. The number of carbonyl (C=O) groups is 1. The molecule has 0 fully saturated rings. The molecule has 0 atom stereocenters. The second-order valence-corrected chi connectivity index (χ2v) is 5.32. The molecule has 0 aliphatic heterocycles. The summed E-state index contributed by atoms with van der Waals surface area (Å²) in [6.07, 6.45) is 0. The first-order valence-corrected chi connectivity index (χ1v) is 7.03. The van der Waals surface area contributed by atoms with Crippen LogP contribution in [0.5, 0.6) is 5.75 Å². The van der Waals surface area contributed by atoms with Crippen molar-refractivity contribution in [2.24, 2.45) is 0 Å². The summed E-state index contributed by atoms with van der Waals surface area (Å²) in [6, 6.07) is 11.3. The van der Waals surface area contributed by atoms with Crippen LogP contribution in [0.2, 0.25) is 0 Å². The second-order valence-electron chi connectivity index (χ2n) is 4.47. The average molecular weight is 363 g/mol. The number of fused-ring (bicyclic) bond motifs is 1. The summed E-state index contributed by atoms with van der Waals surface area (Å²) < 4.78 is 23.6. The predicted molar refractivity (Wildman–Crippen MR) is 81.5 cm³/mol. The van der Waals surface area contributed by atoms with Crippen LogP contribution in [0.4, 0.5) is 4.39 Å². The summed E-state index contributed by atoms with van der Waals surface area (Å²) in [5, 5.41) is 0.711. The zero-order chi connectivity index (χ0) is 15.7. The van der Waals surface area contributed by atoms with Gasteiger partial charge in [0, 0.05) is 22.0 Å². The molecule has 0 bridgehead atoms. The van der Waals surface area contributed by atoms with Gasteiger partial charge in [0.05, 0.1) is 5.56 Å². The van der Waals surface area contributed by atoms with E-state index in [1.165, 1.54) is 30.3 Å². The van der Waals surface area contributed by atoms with Crippen LogP contribution >= 0.6 is 15.9 Å². The molecule has 4 nitrogen and oxygen atoms in total. The van der Waals surface area contributed by atoms with E-state index in [4.69, 9.17) is 9.15 Å². The zero-order valence-corrected chi connectivity index (χ0v) is 12.6. The van der Waals surface area contributed by atoms with Crippen molar-refractivity contribution in [1.82, 2.24) is 0 Å². The highest BCUT2D eigenvalue weighted by Gasteiger charge is 2.13. The molecule has 0 saturated carbocycles. The van der Waals surface area contributed by atoms with Crippen LogP contribution in [0.3, 0.4) is 0 Å². The quantitative estimate of drug-likeness (QED) is 0.394. The lowest BCUT2D eigenvalue weighted by molar-refractivity contribution is 0.0734. The Morgan fingerprint density at radius 3 is 2.64 bits per heavy atom. The monoisotopic (exact) mass is 362 g/mol. The summed E-state index contributed by atoms with van der Waals surface area (Å²) in [4.78, 5) is 23.3. The van der Waals surface area contributed by atoms with Gasteiger partial charge >= 0.3 is 11.6 Å². The van der Waals surface area contributed by atoms with E-state index < -0.39 is 17.4 Å². The molecule has 3 rings (SSSR count). The fraction of sp³-hybridized carbons (Fsp3) is 0. The fourth-order valence-corrected chi connectivity index (χ4v) is 2.43. The number of halogens is 2. The molecule has 6 heteroatoms. The molecule has 0 N–H and O–H groups in total. The molecule has 3 aromatic rings. The van der Waals surface area contributed by atoms with Crippen molar-refractivity contribution >= 4 is 32.9 Å². The van der Waals surface area contributed by atoms with Gasteiger partial charge in [0.2, 0.25) is 0 Å². The highest BCUT2D eigenvalue weighted by Crippen LogP contribution is 2.23. The topological polar surface area (TPSA) is 56.5 Å². The van der Waals surface area contributed by atoms with Gasteiger partial charge in [-0.2, -0.15) is 0 Å². The van der Waals surface area contributed by atoms with E-state index >= 15 is 0 Å². The molecule has 0 amide bonds. The third-order valence-corrected chi connectivity index (χ3v) is 3.61. The third-order valence-electron chi connectivity index (χ3n) is 2.96. The predicted octanol–water partition coefficient (Wildman–Crippen LogP) is 3.91. The first kappa shape index (κ1) is 14.5. The van der Waals surface area contributed by atoms with Crippen LogP contribution in [-0.2, 0) is 0 Å². The molecule has 1 heterocycles. The summed E-state index contributed by atoms with van der Waals surface area (Å²) >= 11 is 3.11. The van der Waals surface area contributed by atoms with E-state index in [2.05, 4.69) is 15.9 Å². The maximum atomic E-state index is 13.0. The number of hydrogen-bond acceptors (Lipinski definition) is 4. The second kappa shape index (κ2) is 5.73. The molecule has 0 unspecified atom stereocenters. The Hall–Kier alpha value is -2.47. The fourth-order valence-electron chi connectivity index (χ4n) is 1.92. The van der Waals surface area contributed by atoms with Crippen molar-refractivity contribution in [3.63, 3.8) is 0 Å². The van der Waals surface area contributed by atoms with Crippen molar-refractivity contribution in [3.8, 4) is 5.75 Å². The SMILES string of the molecule is O=C(Oc1ccc2ccc(=O)oc2c1)c1ccc(F)cc1Br. The van der Waals surface area contributed by atoms with Crippen LogP contribution in [0.25, 0.3) is 11.0 Å². The molecule has 0 radical (unpaired) electrons. The van der Waals surface area contributed by atoms with Gasteiger partial charge in [-0.05, 0) is 52.3 Å². The largest absolute Gasteiger partial charge is 0.423 e. The van der Waals surface area contributed by atoms with Gasteiger partial charge in [-0.25, -0.2) is 14.0 Å². The van der Waals surface area contributed by atoms with Crippen molar-refractivity contribution in [3.05, 3.63) is 74.8 Å².